The third kappa shape index (κ3) is 3.18. The zero-order valence-electron chi connectivity index (χ0n) is 8.34. The van der Waals surface area contributed by atoms with Gasteiger partial charge in [-0.05, 0) is 24.6 Å². The monoisotopic (exact) mass is 265 g/mol. The molecule has 0 fully saturated rings. The van der Waals surface area contributed by atoms with Crippen molar-refractivity contribution < 1.29 is 4.74 Å². The summed E-state index contributed by atoms with van der Waals surface area (Å²) >= 11 is 16.2. The first-order valence-corrected chi connectivity index (χ1v) is 5.97. The van der Waals surface area contributed by atoms with Gasteiger partial charge in [-0.3, -0.25) is 0 Å². The highest BCUT2D eigenvalue weighted by atomic mass is 35.5. The van der Waals surface area contributed by atoms with Crippen LogP contribution in [0, 0.1) is 0 Å². The van der Waals surface area contributed by atoms with Crippen LogP contribution in [0.2, 0.25) is 10.0 Å². The van der Waals surface area contributed by atoms with Crippen molar-refractivity contribution in [2.75, 3.05) is 12.4 Å². The Morgan fingerprint density at radius 3 is 2.33 bits per heavy atom. The van der Waals surface area contributed by atoms with E-state index in [0.29, 0.717) is 28.2 Å². The molecular formula is C10H13Cl2NOS. The first-order valence-electron chi connectivity index (χ1n) is 4.58. The Hall–Kier alpha value is -0.0900. The van der Waals surface area contributed by atoms with E-state index in [1.54, 1.807) is 12.1 Å². The standard InChI is InChI=1S/C10H13Cl2NOS/c1-2-14-10-7(11)3-6(4-8(10)12)9(13)5-15/h3-4,9,15H,2,5,13H2,1H3. The van der Waals surface area contributed by atoms with Crippen LogP contribution < -0.4 is 10.5 Å². The molecule has 1 rings (SSSR count). The number of rotatable bonds is 4. The number of ether oxygens (including phenoxy) is 1. The Morgan fingerprint density at radius 1 is 1.40 bits per heavy atom. The molecule has 1 atom stereocenters. The highest BCUT2D eigenvalue weighted by Gasteiger charge is 2.12. The fraction of sp³-hybridized carbons (Fsp3) is 0.400. The summed E-state index contributed by atoms with van der Waals surface area (Å²) in [6.07, 6.45) is 0. The lowest BCUT2D eigenvalue weighted by Crippen LogP contribution is -2.11. The van der Waals surface area contributed by atoms with Crippen molar-refractivity contribution in [2.24, 2.45) is 5.73 Å². The highest BCUT2D eigenvalue weighted by molar-refractivity contribution is 7.80. The summed E-state index contributed by atoms with van der Waals surface area (Å²) in [5.74, 6) is 1.05. The maximum atomic E-state index is 6.02. The number of hydrogen-bond acceptors (Lipinski definition) is 3. The first-order chi connectivity index (χ1) is 7.10. The molecule has 2 nitrogen and oxygen atoms in total. The topological polar surface area (TPSA) is 35.2 Å². The van der Waals surface area contributed by atoms with Crippen LogP contribution in [0.5, 0.6) is 5.75 Å². The lowest BCUT2D eigenvalue weighted by molar-refractivity contribution is 0.340. The van der Waals surface area contributed by atoms with Crippen LogP contribution in [0.3, 0.4) is 0 Å². The average molecular weight is 266 g/mol. The van der Waals surface area contributed by atoms with E-state index in [-0.39, 0.29) is 6.04 Å². The summed E-state index contributed by atoms with van der Waals surface area (Å²) in [5, 5.41) is 0.966. The smallest absolute Gasteiger partial charge is 0.156 e. The lowest BCUT2D eigenvalue weighted by atomic mass is 10.1. The minimum Gasteiger partial charge on any atom is -0.491 e. The van der Waals surface area contributed by atoms with Gasteiger partial charge in [0.1, 0.15) is 0 Å². The van der Waals surface area contributed by atoms with Crippen molar-refractivity contribution in [3.8, 4) is 5.75 Å². The summed E-state index contributed by atoms with van der Waals surface area (Å²) in [5.41, 5.74) is 6.69. The first kappa shape index (κ1) is 13.0. The van der Waals surface area contributed by atoms with Gasteiger partial charge >= 0.3 is 0 Å². The van der Waals surface area contributed by atoms with Gasteiger partial charge in [-0.2, -0.15) is 12.6 Å². The fourth-order valence-corrected chi connectivity index (χ4v) is 2.01. The summed E-state index contributed by atoms with van der Waals surface area (Å²) in [7, 11) is 0. The molecule has 5 heteroatoms. The Labute approximate surface area is 105 Å². The molecule has 1 aromatic carbocycles. The number of thiol groups is 1. The van der Waals surface area contributed by atoms with Crippen molar-refractivity contribution >= 4 is 35.8 Å². The van der Waals surface area contributed by atoms with Crippen molar-refractivity contribution in [1.82, 2.24) is 0 Å². The predicted octanol–water partition coefficient (Wildman–Crippen LogP) is 3.32. The van der Waals surface area contributed by atoms with E-state index < -0.39 is 0 Å². The third-order valence-electron chi connectivity index (χ3n) is 1.93. The molecule has 0 spiro atoms. The van der Waals surface area contributed by atoms with E-state index in [1.165, 1.54) is 0 Å². The van der Waals surface area contributed by atoms with Crippen molar-refractivity contribution in [2.45, 2.75) is 13.0 Å². The summed E-state index contributed by atoms with van der Waals surface area (Å²) in [6.45, 7) is 2.40. The SMILES string of the molecule is CCOc1c(Cl)cc(C(N)CS)cc1Cl. The molecule has 1 unspecified atom stereocenters. The van der Waals surface area contributed by atoms with Gasteiger partial charge in [0, 0.05) is 11.8 Å². The molecule has 0 saturated heterocycles. The van der Waals surface area contributed by atoms with Gasteiger partial charge in [0.15, 0.2) is 5.75 Å². The molecule has 1 aromatic rings. The highest BCUT2D eigenvalue weighted by Crippen LogP contribution is 2.35. The molecule has 0 heterocycles. The molecule has 0 bridgehead atoms. The van der Waals surface area contributed by atoms with Crippen molar-refractivity contribution in [3.63, 3.8) is 0 Å². The Bertz CT molecular complexity index is 323. The molecule has 0 radical (unpaired) electrons. The number of hydrogen-bond donors (Lipinski definition) is 2. The van der Waals surface area contributed by atoms with Crippen LogP contribution in [0.1, 0.15) is 18.5 Å². The molecule has 15 heavy (non-hydrogen) atoms. The number of benzene rings is 1. The van der Waals surface area contributed by atoms with Crippen LogP contribution >= 0.6 is 35.8 Å². The number of halogens is 2. The van der Waals surface area contributed by atoms with E-state index in [9.17, 15) is 0 Å². The second-order valence-corrected chi connectivity index (χ2v) is 4.22. The Morgan fingerprint density at radius 2 is 1.93 bits per heavy atom. The minimum atomic E-state index is -0.168. The molecule has 0 aromatic heterocycles. The van der Waals surface area contributed by atoms with E-state index in [1.807, 2.05) is 6.92 Å². The predicted molar refractivity (Wildman–Crippen MR) is 68.4 cm³/mol. The van der Waals surface area contributed by atoms with E-state index in [0.717, 1.165) is 5.56 Å². The molecular weight excluding hydrogens is 253 g/mol. The van der Waals surface area contributed by atoms with Gasteiger partial charge < -0.3 is 10.5 Å². The molecule has 0 aliphatic heterocycles. The summed E-state index contributed by atoms with van der Waals surface area (Å²) in [6, 6.07) is 3.36. The molecule has 84 valence electrons. The van der Waals surface area contributed by atoms with Crippen LogP contribution in [-0.2, 0) is 0 Å². The van der Waals surface area contributed by atoms with Gasteiger partial charge in [0.25, 0.3) is 0 Å². The zero-order valence-corrected chi connectivity index (χ0v) is 10.7. The Kier molecular flexibility index (Phi) is 5.06. The third-order valence-corrected chi connectivity index (χ3v) is 2.89. The van der Waals surface area contributed by atoms with Crippen LogP contribution in [0.25, 0.3) is 0 Å². The molecule has 0 aliphatic carbocycles. The van der Waals surface area contributed by atoms with Gasteiger partial charge in [-0.1, -0.05) is 23.2 Å². The van der Waals surface area contributed by atoms with Gasteiger partial charge in [0.2, 0.25) is 0 Å². The quantitative estimate of drug-likeness (QED) is 0.820. The van der Waals surface area contributed by atoms with Gasteiger partial charge in [-0.25, -0.2) is 0 Å². The second-order valence-electron chi connectivity index (χ2n) is 3.04. The maximum absolute atomic E-state index is 6.02. The number of nitrogens with two attached hydrogens (primary N) is 1. The van der Waals surface area contributed by atoms with E-state index in [4.69, 9.17) is 33.7 Å². The lowest BCUT2D eigenvalue weighted by Gasteiger charge is -2.13. The fourth-order valence-electron chi connectivity index (χ4n) is 1.18. The average Bonchev–Trinajstić information content (AvgIpc) is 2.22. The minimum absolute atomic E-state index is 0.168. The van der Waals surface area contributed by atoms with E-state index in [2.05, 4.69) is 12.6 Å². The van der Waals surface area contributed by atoms with Gasteiger partial charge in [0.05, 0.1) is 16.7 Å². The summed E-state index contributed by atoms with van der Waals surface area (Å²) in [4.78, 5) is 0. The largest absolute Gasteiger partial charge is 0.491 e. The second kappa shape index (κ2) is 5.85. The molecule has 2 N–H and O–H groups in total. The maximum Gasteiger partial charge on any atom is 0.156 e. The Balaban J connectivity index is 3.07. The normalized spacial score (nSPS) is 12.6. The van der Waals surface area contributed by atoms with Gasteiger partial charge in [-0.15, -0.1) is 0 Å². The molecule has 0 aliphatic rings. The van der Waals surface area contributed by atoms with Crippen molar-refractivity contribution in [1.29, 1.82) is 0 Å². The van der Waals surface area contributed by atoms with Crippen molar-refractivity contribution in [3.05, 3.63) is 27.7 Å². The molecule has 0 saturated carbocycles. The van der Waals surface area contributed by atoms with Crippen LogP contribution in [-0.4, -0.2) is 12.4 Å². The van der Waals surface area contributed by atoms with Crippen LogP contribution in [0.15, 0.2) is 12.1 Å². The molecule has 0 amide bonds. The van der Waals surface area contributed by atoms with Crippen LogP contribution in [0.4, 0.5) is 0 Å². The van der Waals surface area contributed by atoms with E-state index >= 15 is 0 Å². The zero-order chi connectivity index (χ0) is 11.4. The summed E-state index contributed by atoms with van der Waals surface area (Å²) < 4.78 is 5.31.